The smallest absolute Gasteiger partial charge is 0.258 e. The number of hydrogen-bond donors (Lipinski definition) is 0. The summed E-state index contributed by atoms with van der Waals surface area (Å²) in [6.07, 6.45) is 2.69. The van der Waals surface area contributed by atoms with Crippen molar-refractivity contribution in [2.45, 2.75) is 32.0 Å². The van der Waals surface area contributed by atoms with Gasteiger partial charge in [-0.2, -0.15) is 0 Å². The number of aryl methyl sites for hydroxylation is 2. The highest BCUT2D eigenvalue weighted by atomic mass is 79.9. The average molecular weight is 339 g/mol. The van der Waals surface area contributed by atoms with Gasteiger partial charge in [-0.1, -0.05) is 28.1 Å². The van der Waals surface area contributed by atoms with Crippen molar-refractivity contribution < 1.29 is 4.92 Å². The lowest BCUT2D eigenvalue weighted by Gasteiger charge is -2.07. The van der Waals surface area contributed by atoms with Crippen LogP contribution in [-0.2, 0) is 0 Å². The van der Waals surface area contributed by atoms with Gasteiger partial charge in [0.05, 0.1) is 27.3 Å². The molecule has 6 nitrogen and oxygen atoms in total. The Hall–Kier alpha value is -1.76. The molecule has 0 fully saturated rings. The van der Waals surface area contributed by atoms with Crippen molar-refractivity contribution in [3.05, 3.63) is 45.3 Å². The van der Waals surface area contributed by atoms with Gasteiger partial charge in [0.1, 0.15) is 0 Å². The molecule has 0 radical (unpaired) electrons. The van der Waals surface area contributed by atoms with Crippen LogP contribution in [0.15, 0.2) is 18.3 Å². The first kappa shape index (κ1) is 14.6. The highest BCUT2D eigenvalue weighted by Crippen LogP contribution is 2.27. The summed E-state index contributed by atoms with van der Waals surface area (Å²) in [6, 6.07) is 3.33. The van der Waals surface area contributed by atoms with Gasteiger partial charge in [0, 0.05) is 11.6 Å². The zero-order valence-corrected chi connectivity index (χ0v) is 13.1. The minimum atomic E-state index is -0.380. The number of benzene rings is 1. The number of aromatic nitrogens is 3. The van der Waals surface area contributed by atoms with E-state index in [0.29, 0.717) is 11.3 Å². The summed E-state index contributed by atoms with van der Waals surface area (Å²) in [5.41, 5.74) is 3.15. The lowest BCUT2D eigenvalue weighted by atomic mass is 10.1. The SMILES string of the molecule is CCC(Br)c1cn(-c2cc([N+](=O)[O-])c(C)cc2C)nn1. The van der Waals surface area contributed by atoms with Crippen LogP contribution in [0, 0.1) is 24.0 Å². The molecule has 0 aliphatic carbocycles. The van der Waals surface area contributed by atoms with Crippen LogP contribution in [-0.4, -0.2) is 19.9 Å². The molecule has 1 aromatic carbocycles. The van der Waals surface area contributed by atoms with E-state index in [0.717, 1.165) is 17.7 Å². The van der Waals surface area contributed by atoms with Crippen LogP contribution in [0.5, 0.6) is 0 Å². The van der Waals surface area contributed by atoms with E-state index < -0.39 is 0 Å². The Morgan fingerprint density at radius 1 is 1.40 bits per heavy atom. The van der Waals surface area contributed by atoms with Crippen molar-refractivity contribution in [2.75, 3.05) is 0 Å². The minimum Gasteiger partial charge on any atom is -0.258 e. The van der Waals surface area contributed by atoms with Crippen LogP contribution in [0.3, 0.4) is 0 Å². The van der Waals surface area contributed by atoms with Gasteiger partial charge in [0.2, 0.25) is 0 Å². The van der Waals surface area contributed by atoms with E-state index in [1.807, 2.05) is 13.8 Å². The molecule has 0 saturated carbocycles. The Morgan fingerprint density at radius 2 is 2.10 bits per heavy atom. The topological polar surface area (TPSA) is 73.8 Å². The number of halogens is 1. The molecule has 1 aromatic heterocycles. The minimum absolute atomic E-state index is 0.0912. The van der Waals surface area contributed by atoms with Crippen molar-refractivity contribution in [2.24, 2.45) is 0 Å². The van der Waals surface area contributed by atoms with Gasteiger partial charge in [-0.3, -0.25) is 10.1 Å². The summed E-state index contributed by atoms with van der Waals surface area (Å²) >= 11 is 3.51. The quantitative estimate of drug-likeness (QED) is 0.484. The van der Waals surface area contributed by atoms with Crippen LogP contribution < -0.4 is 0 Å². The normalized spacial score (nSPS) is 12.4. The Bertz CT molecular complexity index is 654. The third-order valence-corrected chi connectivity index (χ3v) is 4.27. The number of nitro groups is 1. The van der Waals surface area contributed by atoms with Crippen LogP contribution in [0.1, 0.15) is 35.0 Å². The molecule has 0 saturated heterocycles. The zero-order chi connectivity index (χ0) is 14.9. The molecule has 1 unspecified atom stereocenters. The molecule has 2 rings (SSSR count). The maximum absolute atomic E-state index is 11.0. The molecule has 20 heavy (non-hydrogen) atoms. The Morgan fingerprint density at radius 3 is 2.70 bits per heavy atom. The molecule has 1 heterocycles. The number of nitrogens with zero attached hydrogens (tertiary/aromatic N) is 4. The second-order valence-electron chi connectivity index (χ2n) is 4.65. The third-order valence-electron chi connectivity index (χ3n) is 3.15. The van der Waals surface area contributed by atoms with E-state index in [4.69, 9.17) is 0 Å². The lowest BCUT2D eigenvalue weighted by Crippen LogP contribution is -2.01. The van der Waals surface area contributed by atoms with Crippen LogP contribution in [0.25, 0.3) is 5.69 Å². The molecular weight excluding hydrogens is 324 g/mol. The Balaban J connectivity index is 2.49. The monoisotopic (exact) mass is 338 g/mol. The molecule has 0 bridgehead atoms. The number of nitro benzene ring substituents is 1. The molecule has 0 amide bonds. The maximum Gasteiger partial charge on any atom is 0.274 e. The summed E-state index contributed by atoms with van der Waals surface area (Å²) in [5.74, 6) is 0. The van der Waals surface area contributed by atoms with Gasteiger partial charge < -0.3 is 0 Å². The van der Waals surface area contributed by atoms with Crippen LogP contribution in [0.4, 0.5) is 5.69 Å². The van der Waals surface area contributed by atoms with E-state index in [1.165, 1.54) is 6.07 Å². The molecule has 2 aromatic rings. The number of hydrogen-bond acceptors (Lipinski definition) is 4. The van der Waals surface area contributed by atoms with Gasteiger partial charge >= 0.3 is 0 Å². The molecule has 1 atom stereocenters. The van der Waals surface area contributed by atoms with E-state index in [-0.39, 0.29) is 15.4 Å². The van der Waals surface area contributed by atoms with Crippen molar-refractivity contribution in [3.8, 4) is 5.69 Å². The van der Waals surface area contributed by atoms with Gasteiger partial charge in [0.25, 0.3) is 5.69 Å². The number of alkyl halides is 1. The second kappa shape index (κ2) is 5.70. The van der Waals surface area contributed by atoms with Gasteiger partial charge in [-0.05, 0) is 31.9 Å². The third kappa shape index (κ3) is 2.72. The summed E-state index contributed by atoms with van der Waals surface area (Å²) in [6.45, 7) is 5.67. The predicted octanol–water partition coefficient (Wildman–Crippen LogP) is 3.64. The lowest BCUT2D eigenvalue weighted by molar-refractivity contribution is -0.385. The van der Waals surface area contributed by atoms with Crippen molar-refractivity contribution in [1.82, 2.24) is 15.0 Å². The van der Waals surface area contributed by atoms with Crippen molar-refractivity contribution in [1.29, 1.82) is 0 Å². The van der Waals surface area contributed by atoms with Crippen LogP contribution in [0.2, 0.25) is 0 Å². The summed E-state index contributed by atoms with van der Waals surface area (Å²) in [4.78, 5) is 10.8. The fraction of sp³-hybridized carbons (Fsp3) is 0.385. The first-order valence-corrected chi connectivity index (χ1v) is 7.18. The zero-order valence-electron chi connectivity index (χ0n) is 11.5. The Labute approximate surface area is 125 Å². The molecule has 0 N–H and O–H groups in total. The molecule has 0 aliphatic heterocycles. The number of rotatable bonds is 4. The first-order valence-electron chi connectivity index (χ1n) is 6.26. The fourth-order valence-corrected chi connectivity index (χ4v) is 2.23. The summed E-state index contributed by atoms with van der Waals surface area (Å²) < 4.78 is 1.58. The van der Waals surface area contributed by atoms with E-state index >= 15 is 0 Å². The predicted molar refractivity (Wildman–Crippen MR) is 79.4 cm³/mol. The summed E-state index contributed by atoms with van der Waals surface area (Å²) in [7, 11) is 0. The van der Waals surface area contributed by atoms with E-state index in [2.05, 4.69) is 26.2 Å². The molecule has 7 heteroatoms. The van der Waals surface area contributed by atoms with E-state index in [9.17, 15) is 10.1 Å². The van der Waals surface area contributed by atoms with Crippen LogP contribution >= 0.6 is 15.9 Å². The van der Waals surface area contributed by atoms with Crippen molar-refractivity contribution in [3.63, 3.8) is 0 Å². The highest BCUT2D eigenvalue weighted by molar-refractivity contribution is 9.09. The second-order valence-corrected chi connectivity index (χ2v) is 5.75. The summed E-state index contributed by atoms with van der Waals surface area (Å²) in [5, 5.41) is 19.2. The average Bonchev–Trinajstić information content (AvgIpc) is 2.86. The maximum atomic E-state index is 11.0. The molecular formula is C13H15BrN4O2. The van der Waals surface area contributed by atoms with Gasteiger partial charge in [0.15, 0.2) is 0 Å². The van der Waals surface area contributed by atoms with E-state index in [1.54, 1.807) is 23.9 Å². The van der Waals surface area contributed by atoms with Gasteiger partial charge in [-0.25, -0.2) is 4.68 Å². The largest absolute Gasteiger partial charge is 0.274 e. The molecule has 106 valence electrons. The molecule has 0 spiro atoms. The first-order chi connectivity index (χ1) is 9.43. The van der Waals surface area contributed by atoms with Crippen molar-refractivity contribution >= 4 is 21.6 Å². The standard InChI is InChI=1S/C13H15BrN4O2/c1-4-10(14)11-7-17(16-15-11)12-6-13(18(19)20)9(3)5-8(12)2/h5-7,10H,4H2,1-3H3. The highest BCUT2D eigenvalue weighted by Gasteiger charge is 2.17. The Kier molecular flexibility index (Phi) is 4.17. The molecule has 0 aliphatic rings. The van der Waals surface area contributed by atoms with Gasteiger partial charge in [-0.15, -0.1) is 5.10 Å². The fourth-order valence-electron chi connectivity index (χ4n) is 2.02.